The Hall–Kier alpha value is -1.24. The van der Waals surface area contributed by atoms with Crippen LogP contribution < -0.4 is 16.0 Å². The van der Waals surface area contributed by atoms with Gasteiger partial charge in [-0.15, -0.1) is 0 Å². The second-order valence-electron chi connectivity index (χ2n) is 5.74. The van der Waals surface area contributed by atoms with Gasteiger partial charge in [-0.25, -0.2) is 0 Å². The molecule has 7 heteroatoms. The Kier molecular flexibility index (Phi) is 15.8. The maximum atomic E-state index is 11.6. The van der Waals surface area contributed by atoms with Crippen LogP contribution in [0.2, 0.25) is 0 Å². The monoisotopic (exact) mass is 359 g/mol. The summed E-state index contributed by atoms with van der Waals surface area (Å²) in [5.74, 6) is 1.13. The van der Waals surface area contributed by atoms with Gasteiger partial charge < -0.3 is 16.0 Å². The molecule has 0 spiro atoms. The van der Waals surface area contributed by atoms with Crippen molar-refractivity contribution in [2.75, 3.05) is 32.1 Å². The normalized spacial score (nSPS) is 10.2. The Morgan fingerprint density at radius 2 is 1.21 bits per heavy atom. The van der Waals surface area contributed by atoms with Crippen LogP contribution in [0.3, 0.4) is 0 Å². The topological polar surface area (TPSA) is 87.3 Å². The summed E-state index contributed by atoms with van der Waals surface area (Å²) in [6.45, 7) is 1.37. The van der Waals surface area contributed by atoms with Crippen molar-refractivity contribution in [2.24, 2.45) is 0 Å². The molecule has 0 aliphatic heterocycles. The largest absolute Gasteiger partial charge is 0.359 e. The van der Waals surface area contributed by atoms with Crippen molar-refractivity contribution in [1.82, 2.24) is 16.0 Å². The minimum atomic E-state index is 0.0690. The number of amides is 3. The molecule has 6 nitrogen and oxygen atoms in total. The standard InChI is InChI=1S/C17H33N3O3S/c1-18-15(21)9-5-3-7-12-19-16(22)10-6-4-8-13-20-17(23)11-14-24-2/h3-14H2,1-2H3,(H,18,21)(H,19,22)(H,20,23). The third-order valence-corrected chi connectivity index (χ3v) is 4.23. The first-order valence-electron chi connectivity index (χ1n) is 8.83. The van der Waals surface area contributed by atoms with Gasteiger partial charge in [0, 0.05) is 45.2 Å². The molecule has 0 aromatic rings. The molecule has 0 saturated heterocycles. The summed E-state index contributed by atoms with van der Waals surface area (Å²) in [7, 11) is 1.64. The van der Waals surface area contributed by atoms with Gasteiger partial charge in [-0.2, -0.15) is 11.8 Å². The number of hydrogen-bond acceptors (Lipinski definition) is 4. The van der Waals surface area contributed by atoms with Gasteiger partial charge in [-0.3, -0.25) is 14.4 Å². The fourth-order valence-electron chi connectivity index (χ4n) is 2.13. The Balaban J connectivity index is 3.32. The van der Waals surface area contributed by atoms with E-state index in [4.69, 9.17) is 0 Å². The van der Waals surface area contributed by atoms with E-state index in [9.17, 15) is 14.4 Å². The van der Waals surface area contributed by atoms with Crippen molar-refractivity contribution in [2.45, 2.75) is 57.8 Å². The van der Waals surface area contributed by atoms with Gasteiger partial charge in [0.05, 0.1) is 0 Å². The van der Waals surface area contributed by atoms with Crippen molar-refractivity contribution in [3.8, 4) is 0 Å². The van der Waals surface area contributed by atoms with E-state index in [2.05, 4.69) is 16.0 Å². The summed E-state index contributed by atoms with van der Waals surface area (Å²) in [5.41, 5.74) is 0. The van der Waals surface area contributed by atoms with E-state index >= 15 is 0 Å². The second-order valence-corrected chi connectivity index (χ2v) is 6.72. The molecule has 0 atom stereocenters. The minimum absolute atomic E-state index is 0.0690. The molecule has 0 heterocycles. The van der Waals surface area contributed by atoms with E-state index in [0.29, 0.717) is 32.4 Å². The fourth-order valence-corrected chi connectivity index (χ4v) is 2.52. The van der Waals surface area contributed by atoms with Crippen LogP contribution >= 0.6 is 11.8 Å². The zero-order valence-corrected chi connectivity index (χ0v) is 15.9. The van der Waals surface area contributed by atoms with Crippen LogP contribution in [0.4, 0.5) is 0 Å². The highest BCUT2D eigenvalue weighted by Crippen LogP contribution is 2.01. The first kappa shape index (κ1) is 22.8. The molecule has 0 fully saturated rings. The van der Waals surface area contributed by atoms with E-state index in [1.54, 1.807) is 18.8 Å². The Bertz CT molecular complexity index is 365. The quantitative estimate of drug-likeness (QED) is 0.389. The molecular formula is C17H33N3O3S. The van der Waals surface area contributed by atoms with E-state index < -0.39 is 0 Å². The predicted molar refractivity (Wildman–Crippen MR) is 100 cm³/mol. The summed E-state index contributed by atoms with van der Waals surface area (Å²) in [5, 5.41) is 8.39. The molecule has 140 valence electrons. The number of nitrogens with one attached hydrogen (secondary N) is 3. The van der Waals surface area contributed by atoms with Gasteiger partial charge in [0.1, 0.15) is 0 Å². The smallest absolute Gasteiger partial charge is 0.220 e. The van der Waals surface area contributed by atoms with E-state index in [1.807, 2.05) is 6.26 Å². The van der Waals surface area contributed by atoms with Crippen LogP contribution in [-0.4, -0.2) is 49.9 Å². The number of unbranched alkanes of at least 4 members (excludes halogenated alkanes) is 4. The molecule has 0 aromatic carbocycles. The van der Waals surface area contributed by atoms with Crippen LogP contribution in [-0.2, 0) is 14.4 Å². The number of rotatable bonds is 15. The molecular weight excluding hydrogens is 326 g/mol. The lowest BCUT2D eigenvalue weighted by Crippen LogP contribution is -2.25. The lowest BCUT2D eigenvalue weighted by molar-refractivity contribution is -0.122. The zero-order chi connectivity index (χ0) is 18.0. The van der Waals surface area contributed by atoms with Crippen molar-refractivity contribution >= 4 is 29.5 Å². The average molecular weight is 360 g/mol. The van der Waals surface area contributed by atoms with Gasteiger partial charge in [-0.05, 0) is 31.9 Å². The van der Waals surface area contributed by atoms with Gasteiger partial charge in [0.15, 0.2) is 0 Å². The molecule has 0 rings (SSSR count). The summed E-state index contributed by atoms with van der Waals surface area (Å²) in [6, 6.07) is 0. The van der Waals surface area contributed by atoms with Crippen LogP contribution in [0, 0.1) is 0 Å². The van der Waals surface area contributed by atoms with Crippen molar-refractivity contribution < 1.29 is 14.4 Å². The number of carbonyl (C=O) groups is 3. The van der Waals surface area contributed by atoms with Crippen LogP contribution in [0.1, 0.15) is 57.8 Å². The van der Waals surface area contributed by atoms with Crippen LogP contribution in [0.5, 0.6) is 0 Å². The third kappa shape index (κ3) is 15.6. The average Bonchev–Trinajstić information content (AvgIpc) is 2.58. The molecule has 0 bridgehead atoms. The lowest BCUT2D eigenvalue weighted by atomic mass is 10.1. The Morgan fingerprint density at radius 3 is 1.71 bits per heavy atom. The highest BCUT2D eigenvalue weighted by Gasteiger charge is 2.02. The van der Waals surface area contributed by atoms with Crippen LogP contribution in [0.25, 0.3) is 0 Å². The maximum absolute atomic E-state index is 11.6. The fraction of sp³-hybridized carbons (Fsp3) is 0.824. The first-order valence-corrected chi connectivity index (χ1v) is 10.2. The highest BCUT2D eigenvalue weighted by atomic mass is 32.2. The number of thioether (sulfide) groups is 1. The van der Waals surface area contributed by atoms with Crippen LogP contribution in [0.15, 0.2) is 0 Å². The maximum Gasteiger partial charge on any atom is 0.220 e. The molecule has 24 heavy (non-hydrogen) atoms. The Labute approximate surface area is 150 Å². The SMILES string of the molecule is CNC(=O)CCCCCNC(=O)CCCCCNC(=O)CCSC. The molecule has 0 saturated carbocycles. The lowest BCUT2D eigenvalue weighted by Gasteiger charge is -2.06. The highest BCUT2D eigenvalue weighted by molar-refractivity contribution is 7.98. The minimum Gasteiger partial charge on any atom is -0.359 e. The van der Waals surface area contributed by atoms with Gasteiger partial charge in [0.2, 0.25) is 17.7 Å². The third-order valence-electron chi connectivity index (χ3n) is 3.62. The van der Waals surface area contributed by atoms with E-state index in [1.165, 1.54) is 0 Å². The zero-order valence-electron chi connectivity index (χ0n) is 15.1. The summed E-state index contributed by atoms with van der Waals surface area (Å²) in [4.78, 5) is 34.0. The molecule has 0 unspecified atom stereocenters. The summed E-state index contributed by atoms with van der Waals surface area (Å²) < 4.78 is 0. The summed E-state index contributed by atoms with van der Waals surface area (Å²) >= 11 is 1.67. The second kappa shape index (κ2) is 16.6. The van der Waals surface area contributed by atoms with Crippen molar-refractivity contribution in [3.05, 3.63) is 0 Å². The molecule has 0 aliphatic rings. The van der Waals surface area contributed by atoms with Gasteiger partial charge in [0.25, 0.3) is 0 Å². The van der Waals surface area contributed by atoms with E-state index in [-0.39, 0.29) is 17.7 Å². The van der Waals surface area contributed by atoms with Crippen molar-refractivity contribution in [1.29, 1.82) is 0 Å². The van der Waals surface area contributed by atoms with Crippen molar-refractivity contribution in [3.63, 3.8) is 0 Å². The molecule has 0 aliphatic carbocycles. The van der Waals surface area contributed by atoms with Gasteiger partial charge >= 0.3 is 0 Å². The first-order chi connectivity index (χ1) is 11.6. The number of hydrogen-bond donors (Lipinski definition) is 3. The molecule has 3 amide bonds. The Morgan fingerprint density at radius 1 is 0.708 bits per heavy atom. The van der Waals surface area contributed by atoms with Gasteiger partial charge in [-0.1, -0.05) is 12.8 Å². The van der Waals surface area contributed by atoms with E-state index in [0.717, 1.165) is 44.3 Å². The predicted octanol–water partition coefficient (Wildman–Crippen LogP) is 1.84. The molecule has 3 N–H and O–H groups in total. The summed E-state index contributed by atoms with van der Waals surface area (Å²) in [6.07, 6.45) is 9.09. The number of carbonyl (C=O) groups excluding carboxylic acids is 3. The molecule has 0 radical (unpaired) electrons. The molecule has 0 aromatic heterocycles.